The molecule has 0 spiro atoms. The molecule has 0 aliphatic carbocycles. The highest BCUT2D eigenvalue weighted by Gasteiger charge is 2.37. The van der Waals surface area contributed by atoms with E-state index in [-0.39, 0.29) is 24.1 Å². The van der Waals surface area contributed by atoms with Crippen LogP contribution in [0, 0.1) is 0 Å². The Hall–Kier alpha value is -2.31. The minimum absolute atomic E-state index is 0.0131. The summed E-state index contributed by atoms with van der Waals surface area (Å²) < 4.78 is 14.5. The van der Waals surface area contributed by atoms with Gasteiger partial charge in [0.2, 0.25) is 0 Å². The number of rotatable bonds is 2. The maximum atomic E-state index is 13.2. The van der Waals surface area contributed by atoms with E-state index >= 15 is 0 Å². The quantitative estimate of drug-likeness (QED) is 0.705. The number of hydrogen-bond acceptors (Lipinski definition) is 5. The lowest BCUT2D eigenvalue weighted by molar-refractivity contribution is -0.0806. The van der Waals surface area contributed by atoms with E-state index in [0.29, 0.717) is 12.2 Å². The Morgan fingerprint density at radius 1 is 1.12 bits per heavy atom. The van der Waals surface area contributed by atoms with Gasteiger partial charge in [-0.2, -0.15) is 8.75 Å². The number of aromatic nitrogens is 2. The molecule has 5 nitrogen and oxygen atoms in total. The molecule has 1 aliphatic rings. The van der Waals surface area contributed by atoms with Crippen molar-refractivity contribution in [3.05, 3.63) is 59.7 Å². The molecule has 1 fully saturated rings. The first-order valence-corrected chi connectivity index (χ1v) is 9.09. The Morgan fingerprint density at radius 3 is 2.68 bits per heavy atom. The molecule has 1 amide bonds. The Balaban J connectivity index is 1.65. The van der Waals surface area contributed by atoms with Crippen molar-refractivity contribution in [1.82, 2.24) is 13.6 Å². The third-order valence-electron chi connectivity index (χ3n) is 4.73. The van der Waals surface area contributed by atoms with E-state index in [9.17, 15) is 4.79 Å². The van der Waals surface area contributed by atoms with Crippen LogP contribution in [0.3, 0.4) is 0 Å². The smallest absolute Gasteiger partial charge is 0.254 e. The van der Waals surface area contributed by atoms with Crippen LogP contribution in [0.4, 0.5) is 0 Å². The number of carbonyl (C=O) groups is 1. The molecule has 25 heavy (non-hydrogen) atoms. The fourth-order valence-corrected chi connectivity index (χ4v) is 3.99. The van der Waals surface area contributed by atoms with E-state index in [1.807, 2.05) is 67.3 Å². The lowest BCUT2D eigenvalue weighted by atomic mass is 9.97. The summed E-state index contributed by atoms with van der Waals surface area (Å²) in [5, 5.41) is 0. The van der Waals surface area contributed by atoms with Gasteiger partial charge in [0.15, 0.2) is 0 Å². The average Bonchev–Trinajstić information content (AvgIpc) is 3.10. The molecular formula is C19H19N3O2S. The van der Waals surface area contributed by atoms with Gasteiger partial charge >= 0.3 is 0 Å². The third kappa shape index (κ3) is 2.92. The van der Waals surface area contributed by atoms with Gasteiger partial charge in [0.1, 0.15) is 17.1 Å². The summed E-state index contributed by atoms with van der Waals surface area (Å²) in [4.78, 5) is 15.1. The molecule has 1 aliphatic heterocycles. The Labute approximate surface area is 150 Å². The number of morpholine rings is 1. The lowest BCUT2D eigenvalue weighted by Crippen LogP contribution is -2.53. The van der Waals surface area contributed by atoms with Gasteiger partial charge in [0.25, 0.3) is 5.91 Å². The van der Waals surface area contributed by atoms with Gasteiger partial charge in [0.05, 0.1) is 30.4 Å². The summed E-state index contributed by atoms with van der Waals surface area (Å²) in [6.07, 6.45) is -0.119. The van der Waals surface area contributed by atoms with Crippen molar-refractivity contribution in [2.24, 2.45) is 0 Å². The molecule has 0 radical (unpaired) electrons. The highest BCUT2D eigenvalue weighted by molar-refractivity contribution is 7.00. The van der Waals surface area contributed by atoms with Crippen LogP contribution in [0.1, 0.15) is 35.9 Å². The van der Waals surface area contributed by atoms with Crippen LogP contribution in [-0.2, 0) is 4.74 Å². The Morgan fingerprint density at radius 2 is 1.88 bits per heavy atom. The van der Waals surface area contributed by atoms with E-state index in [2.05, 4.69) is 8.75 Å². The normalized spacial score (nSPS) is 23.8. The van der Waals surface area contributed by atoms with Crippen molar-refractivity contribution < 1.29 is 9.53 Å². The van der Waals surface area contributed by atoms with E-state index in [0.717, 1.165) is 28.3 Å². The Bertz CT molecular complexity index is 896. The molecule has 128 valence electrons. The van der Waals surface area contributed by atoms with Gasteiger partial charge in [0, 0.05) is 5.56 Å². The van der Waals surface area contributed by atoms with Crippen LogP contribution in [0.5, 0.6) is 0 Å². The van der Waals surface area contributed by atoms with Crippen LogP contribution in [-0.4, -0.2) is 38.2 Å². The molecule has 0 N–H and O–H groups in total. The number of carbonyl (C=O) groups excluding carboxylic acids is 1. The molecule has 0 bridgehead atoms. The minimum Gasteiger partial charge on any atom is -0.369 e. The second kappa shape index (κ2) is 6.54. The number of amides is 1. The van der Waals surface area contributed by atoms with Gasteiger partial charge in [-0.15, -0.1) is 0 Å². The zero-order chi connectivity index (χ0) is 17.4. The SMILES string of the molecule is CC1COC(c2ccccc2)C(C)N1C(=O)c1ccc2nsnc2c1. The molecule has 2 heterocycles. The summed E-state index contributed by atoms with van der Waals surface area (Å²) in [7, 11) is 0. The topological polar surface area (TPSA) is 55.3 Å². The molecule has 3 aromatic rings. The maximum Gasteiger partial charge on any atom is 0.254 e. The first-order chi connectivity index (χ1) is 12.1. The van der Waals surface area contributed by atoms with Gasteiger partial charge in [-0.1, -0.05) is 30.3 Å². The van der Waals surface area contributed by atoms with Crippen LogP contribution >= 0.6 is 11.7 Å². The molecule has 1 aromatic heterocycles. The van der Waals surface area contributed by atoms with Crippen LogP contribution in [0.15, 0.2) is 48.5 Å². The van der Waals surface area contributed by atoms with Crippen molar-refractivity contribution in [3.8, 4) is 0 Å². The van der Waals surface area contributed by atoms with Gasteiger partial charge in [-0.05, 0) is 37.6 Å². The van der Waals surface area contributed by atoms with Crippen LogP contribution in [0.2, 0.25) is 0 Å². The molecule has 4 rings (SSSR count). The Kier molecular flexibility index (Phi) is 4.23. The highest BCUT2D eigenvalue weighted by Crippen LogP contribution is 2.32. The first-order valence-electron chi connectivity index (χ1n) is 8.36. The number of nitrogens with zero attached hydrogens (tertiary/aromatic N) is 3. The molecule has 3 unspecified atom stereocenters. The second-order valence-corrected chi connectivity index (χ2v) is 6.96. The van der Waals surface area contributed by atoms with Crippen LogP contribution in [0.25, 0.3) is 11.0 Å². The van der Waals surface area contributed by atoms with E-state index < -0.39 is 0 Å². The summed E-state index contributed by atoms with van der Waals surface area (Å²) in [6.45, 7) is 4.60. The van der Waals surface area contributed by atoms with Gasteiger partial charge in [-0.25, -0.2) is 0 Å². The maximum absolute atomic E-state index is 13.2. The fourth-order valence-electron chi connectivity index (χ4n) is 3.48. The summed E-state index contributed by atoms with van der Waals surface area (Å²) >= 11 is 1.16. The predicted molar refractivity (Wildman–Crippen MR) is 97.6 cm³/mol. The van der Waals surface area contributed by atoms with E-state index in [1.54, 1.807) is 0 Å². The standard InChI is InChI=1S/C19H19N3O2S/c1-12-11-24-18(14-6-4-3-5-7-14)13(2)22(12)19(23)15-8-9-16-17(10-15)21-25-20-16/h3-10,12-13,18H,11H2,1-2H3. The zero-order valence-corrected chi connectivity index (χ0v) is 14.9. The van der Waals surface area contributed by atoms with Gasteiger partial charge < -0.3 is 9.64 Å². The van der Waals surface area contributed by atoms with Crippen molar-refractivity contribution in [1.29, 1.82) is 0 Å². The second-order valence-electron chi connectivity index (χ2n) is 6.43. The number of fused-ring (bicyclic) bond motifs is 1. The molecular weight excluding hydrogens is 334 g/mol. The molecule has 6 heteroatoms. The molecule has 1 saturated heterocycles. The van der Waals surface area contributed by atoms with Crippen molar-refractivity contribution >= 4 is 28.7 Å². The zero-order valence-electron chi connectivity index (χ0n) is 14.1. The predicted octanol–water partition coefficient (Wildman–Crippen LogP) is 3.68. The number of hydrogen-bond donors (Lipinski definition) is 0. The minimum atomic E-state index is -0.119. The number of ether oxygens (including phenoxy) is 1. The molecule has 0 saturated carbocycles. The number of benzene rings is 2. The fraction of sp³-hybridized carbons (Fsp3) is 0.316. The van der Waals surface area contributed by atoms with E-state index in [4.69, 9.17) is 4.74 Å². The summed E-state index contributed by atoms with van der Waals surface area (Å²) in [5.74, 6) is 0.0131. The van der Waals surface area contributed by atoms with Crippen molar-refractivity contribution in [3.63, 3.8) is 0 Å². The lowest BCUT2D eigenvalue weighted by Gasteiger charge is -2.44. The third-order valence-corrected chi connectivity index (χ3v) is 5.29. The van der Waals surface area contributed by atoms with Crippen molar-refractivity contribution in [2.45, 2.75) is 32.0 Å². The average molecular weight is 353 g/mol. The monoisotopic (exact) mass is 353 g/mol. The first kappa shape index (κ1) is 16.2. The largest absolute Gasteiger partial charge is 0.369 e. The highest BCUT2D eigenvalue weighted by atomic mass is 32.1. The summed E-state index contributed by atoms with van der Waals surface area (Å²) in [5.41, 5.74) is 3.34. The van der Waals surface area contributed by atoms with Crippen LogP contribution < -0.4 is 0 Å². The summed E-state index contributed by atoms with van der Waals surface area (Å²) in [6, 6.07) is 15.6. The molecule has 3 atom stereocenters. The van der Waals surface area contributed by atoms with Crippen molar-refractivity contribution in [2.75, 3.05) is 6.61 Å². The van der Waals surface area contributed by atoms with Gasteiger partial charge in [-0.3, -0.25) is 4.79 Å². The van der Waals surface area contributed by atoms with E-state index in [1.165, 1.54) is 0 Å². The molecule has 2 aromatic carbocycles.